The Morgan fingerprint density at radius 3 is 2.29 bits per heavy atom. The molecule has 5 heteroatoms. The molecule has 0 N–H and O–H groups in total. The Morgan fingerprint density at radius 2 is 1.82 bits per heavy atom. The van der Waals surface area contributed by atoms with Crippen LogP contribution >= 0.6 is 0 Å². The molecule has 1 aliphatic rings. The van der Waals surface area contributed by atoms with Crippen molar-refractivity contribution < 1.29 is 13.2 Å². The Hall–Kier alpha value is -1.20. The summed E-state index contributed by atoms with van der Waals surface area (Å²) in [6, 6.07) is 6.44. The summed E-state index contributed by atoms with van der Waals surface area (Å²) in [5, 5.41) is 0. The van der Waals surface area contributed by atoms with Crippen LogP contribution in [0.1, 0.15) is 18.9 Å². The predicted octanol–water partition coefficient (Wildman–Crippen LogP) is 1.35. The third-order valence-electron chi connectivity index (χ3n) is 2.97. The van der Waals surface area contributed by atoms with Crippen molar-refractivity contribution in [1.82, 2.24) is 4.31 Å². The third-order valence-corrected chi connectivity index (χ3v) is 4.95. The Balaban J connectivity index is 2.37. The Labute approximate surface area is 101 Å². The van der Waals surface area contributed by atoms with Gasteiger partial charge in [-0.25, -0.2) is 8.42 Å². The summed E-state index contributed by atoms with van der Waals surface area (Å²) < 4.78 is 25.8. The molecule has 4 nitrogen and oxygen atoms in total. The molecule has 1 heterocycles. The minimum Gasteiger partial charge on any atom is -0.298 e. The highest BCUT2D eigenvalue weighted by atomic mass is 32.2. The molecule has 0 amide bonds. The molecule has 0 unspecified atom stereocenters. The molecule has 1 atom stereocenters. The summed E-state index contributed by atoms with van der Waals surface area (Å²) in [5.74, 6) is -0.0202. The number of carbonyl (C=O) groups is 1. The van der Waals surface area contributed by atoms with Crippen molar-refractivity contribution in [2.24, 2.45) is 0 Å². The zero-order valence-corrected chi connectivity index (χ0v) is 10.7. The number of benzene rings is 1. The Morgan fingerprint density at radius 1 is 1.24 bits per heavy atom. The molecule has 0 spiro atoms. The van der Waals surface area contributed by atoms with Crippen molar-refractivity contribution in [2.75, 3.05) is 6.54 Å². The van der Waals surface area contributed by atoms with Crippen molar-refractivity contribution in [3.05, 3.63) is 29.8 Å². The maximum absolute atomic E-state index is 12.3. The second kappa shape index (κ2) is 4.23. The fourth-order valence-corrected chi connectivity index (χ4v) is 3.61. The number of hydrogen-bond acceptors (Lipinski definition) is 3. The summed E-state index contributed by atoms with van der Waals surface area (Å²) in [5.41, 5.74) is 1.01. The van der Waals surface area contributed by atoms with Gasteiger partial charge in [-0.2, -0.15) is 4.31 Å². The maximum Gasteiger partial charge on any atom is 0.243 e. The summed E-state index contributed by atoms with van der Waals surface area (Å²) in [4.78, 5) is 11.5. The standard InChI is InChI=1S/C12H15NO3S/c1-9-3-5-12(6-4-9)17(15,16)13-8-11(14)7-10(13)2/h3-6,10H,7-8H2,1-2H3/t10-/m0/s1. The minimum absolute atomic E-state index is 0.00260. The largest absolute Gasteiger partial charge is 0.298 e. The molecule has 1 saturated heterocycles. The molecular formula is C12H15NO3S. The number of aryl methyl sites for hydroxylation is 1. The first-order valence-corrected chi connectivity index (χ1v) is 6.95. The zero-order valence-electron chi connectivity index (χ0n) is 9.88. The minimum atomic E-state index is -3.53. The van der Waals surface area contributed by atoms with Crippen LogP contribution in [0.3, 0.4) is 0 Å². The van der Waals surface area contributed by atoms with Gasteiger partial charge >= 0.3 is 0 Å². The molecule has 1 aromatic rings. The fourth-order valence-electron chi connectivity index (χ4n) is 1.99. The molecule has 0 bridgehead atoms. The second-order valence-electron chi connectivity index (χ2n) is 4.46. The van der Waals surface area contributed by atoms with Gasteiger partial charge in [0.25, 0.3) is 0 Å². The first-order valence-electron chi connectivity index (χ1n) is 5.51. The lowest BCUT2D eigenvalue weighted by atomic mass is 10.2. The average Bonchev–Trinajstić information content (AvgIpc) is 2.59. The smallest absolute Gasteiger partial charge is 0.243 e. The van der Waals surface area contributed by atoms with Crippen molar-refractivity contribution in [1.29, 1.82) is 0 Å². The van der Waals surface area contributed by atoms with E-state index in [4.69, 9.17) is 0 Å². The van der Waals surface area contributed by atoms with Crippen LogP contribution in [0.2, 0.25) is 0 Å². The number of carbonyl (C=O) groups excluding carboxylic acids is 1. The van der Waals surface area contributed by atoms with Crippen molar-refractivity contribution in [2.45, 2.75) is 31.2 Å². The molecule has 1 fully saturated rings. The summed E-state index contributed by atoms with van der Waals surface area (Å²) in [6.07, 6.45) is 0.311. The number of nitrogens with zero attached hydrogens (tertiary/aromatic N) is 1. The van der Waals surface area contributed by atoms with E-state index in [1.165, 1.54) is 4.31 Å². The highest BCUT2D eigenvalue weighted by molar-refractivity contribution is 7.89. The van der Waals surface area contributed by atoms with E-state index < -0.39 is 10.0 Å². The van der Waals surface area contributed by atoms with Crippen LogP contribution in [0.5, 0.6) is 0 Å². The van der Waals surface area contributed by atoms with Gasteiger partial charge in [-0.05, 0) is 26.0 Å². The summed E-state index contributed by atoms with van der Waals surface area (Å²) >= 11 is 0. The van der Waals surface area contributed by atoms with Crippen molar-refractivity contribution in [3.63, 3.8) is 0 Å². The van der Waals surface area contributed by atoms with E-state index in [0.29, 0.717) is 6.42 Å². The van der Waals surface area contributed by atoms with Gasteiger partial charge in [-0.1, -0.05) is 17.7 Å². The van der Waals surface area contributed by atoms with Crippen LogP contribution in [0, 0.1) is 6.92 Å². The van der Waals surface area contributed by atoms with Gasteiger partial charge in [0.2, 0.25) is 10.0 Å². The average molecular weight is 253 g/mol. The lowest BCUT2D eigenvalue weighted by molar-refractivity contribution is -0.116. The molecule has 1 aromatic carbocycles. The topological polar surface area (TPSA) is 54.5 Å². The molecule has 0 aliphatic carbocycles. The number of ketones is 1. The van der Waals surface area contributed by atoms with Gasteiger partial charge in [-0.15, -0.1) is 0 Å². The summed E-state index contributed by atoms with van der Waals surface area (Å²) in [7, 11) is -3.53. The number of sulfonamides is 1. The van der Waals surface area contributed by atoms with Crippen LogP contribution in [0.15, 0.2) is 29.2 Å². The van der Waals surface area contributed by atoms with E-state index in [-0.39, 0.29) is 23.3 Å². The van der Waals surface area contributed by atoms with Crippen LogP contribution in [0.4, 0.5) is 0 Å². The van der Waals surface area contributed by atoms with Crippen LogP contribution in [0.25, 0.3) is 0 Å². The van der Waals surface area contributed by atoms with Gasteiger partial charge in [0.1, 0.15) is 5.78 Å². The van der Waals surface area contributed by atoms with Crippen LogP contribution < -0.4 is 0 Å². The highest BCUT2D eigenvalue weighted by Gasteiger charge is 2.36. The molecule has 0 saturated carbocycles. The van der Waals surface area contributed by atoms with E-state index in [1.54, 1.807) is 31.2 Å². The first kappa shape index (κ1) is 12.3. The fraction of sp³-hybridized carbons (Fsp3) is 0.417. The lowest BCUT2D eigenvalue weighted by Gasteiger charge is -2.19. The molecule has 1 aliphatic heterocycles. The van der Waals surface area contributed by atoms with E-state index in [0.717, 1.165) is 5.56 Å². The SMILES string of the molecule is Cc1ccc(S(=O)(=O)N2CC(=O)C[C@@H]2C)cc1. The number of rotatable bonds is 2. The molecule has 0 aromatic heterocycles. The van der Waals surface area contributed by atoms with E-state index in [1.807, 2.05) is 6.92 Å². The van der Waals surface area contributed by atoms with E-state index in [9.17, 15) is 13.2 Å². The normalized spacial score (nSPS) is 22.0. The zero-order chi connectivity index (χ0) is 12.6. The molecule has 17 heavy (non-hydrogen) atoms. The van der Waals surface area contributed by atoms with Gasteiger partial charge in [0.15, 0.2) is 0 Å². The first-order chi connectivity index (χ1) is 7.91. The third kappa shape index (κ3) is 2.25. The van der Waals surface area contributed by atoms with Gasteiger partial charge < -0.3 is 0 Å². The summed E-state index contributed by atoms with van der Waals surface area (Å²) in [6.45, 7) is 3.66. The highest BCUT2D eigenvalue weighted by Crippen LogP contribution is 2.24. The second-order valence-corrected chi connectivity index (χ2v) is 6.35. The quantitative estimate of drug-likeness (QED) is 0.799. The van der Waals surface area contributed by atoms with Crippen molar-refractivity contribution >= 4 is 15.8 Å². The molecule has 92 valence electrons. The van der Waals surface area contributed by atoms with Gasteiger partial charge in [0.05, 0.1) is 11.4 Å². The predicted molar refractivity (Wildman–Crippen MR) is 64.2 cm³/mol. The van der Waals surface area contributed by atoms with Crippen LogP contribution in [-0.4, -0.2) is 31.1 Å². The molecular weight excluding hydrogens is 238 g/mol. The van der Waals surface area contributed by atoms with E-state index in [2.05, 4.69) is 0 Å². The Bertz CT molecular complexity index is 533. The lowest BCUT2D eigenvalue weighted by Crippen LogP contribution is -2.34. The number of Topliss-reactive ketones (excluding diaryl/α,β-unsaturated/α-hetero) is 1. The monoisotopic (exact) mass is 253 g/mol. The van der Waals surface area contributed by atoms with Crippen LogP contribution in [-0.2, 0) is 14.8 Å². The van der Waals surface area contributed by atoms with Gasteiger partial charge in [-0.3, -0.25) is 4.79 Å². The molecule has 0 radical (unpaired) electrons. The van der Waals surface area contributed by atoms with E-state index >= 15 is 0 Å². The number of hydrogen-bond donors (Lipinski definition) is 0. The molecule has 2 rings (SSSR count). The maximum atomic E-state index is 12.3. The van der Waals surface area contributed by atoms with Gasteiger partial charge in [0, 0.05) is 12.5 Å². The van der Waals surface area contributed by atoms with Crippen molar-refractivity contribution in [3.8, 4) is 0 Å². The Kier molecular flexibility index (Phi) is 3.05.